The van der Waals surface area contributed by atoms with Gasteiger partial charge in [0.05, 0.1) is 10.9 Å². The maximum Gasteiger partial charge on any atom is 0.146 e. The van der Waals surface area contributed by atoms with Gasteiger partial charge in [-0.05, 0) is 148 Å². The summed E-state index contributed by atoms with van der Waals surface area (Å²) in [5, 5.41) is 10.1. The second-order valence-corrected chi connectivity index (χ2v) is 16.4. The van der Waals surface area contributed by atoms with Gasteiger partial charge in [0.1, 0.15) is 11.5 Å². The molecule has 3 heterocycles. The molecule has 1 unspecified atom stereocenters. The van der Waals surface area contributed by atoms with Gasteiger partial charge >= 0.3 is 0 Å². The molecule has 0 aliphatic heterocycles. The number of pyridine rings is 2. The third-order valence-electron chi connectivity index (χ3n) is 13.7. The van der Waals surface area contributed by atoms with Crippen molar-refractivity contribution in [2.45, 2.75) is 5.41 Å². The van der Waals surface area contributed by atoms with Crippen LogP contribution in [0.3, 0.4) is 0 Å². The highest BCUT2D eigenvalue weighted by Crippen LogP contribution is 2.63. The number of aromatic nitrogens is 3. The highest BCUT2D eigenvalue weighted by Gasteiger charge is 2.50. The summed E-state index contributed by atoms with van der Waals surface area (Å²) in [6.45, 7) is 0. The van der Waals surface area contributed by atoms with Crippen molar-refractivity contribution in [3.8, 4) is 50.3 Å². The van der Waals surface area contributed by atoms with E-state index in [0.29, 0.717) is 0 Å². The van der Waals surface area contributed by atoms with Gasteiger partial charge in [-0.2, -0.15) is 0 Å². The van der Waals surface area contributed by atoms with Crippen molar-refractivity contribution < 1.29 is 0 Å². The largest absolute Gasteiger partial charge is 0.278 e. The summed E-state index contributed by atoms with van der Waals surface area (Å²) in [5.41, 5.74) is 16.7. The number of rotatable bonds is 2. The van der Waals surface area contributed by atoms with E-state index in [1.807, 2.05) is 30.6 Å². The molecular weight excluding hydrogens is 727 g/mol. The van der Waals surface area contributed by atoms with Crippen molar-refractivity contribution in [2.24, 2.45) is 0 Å². The van der Waals surface area contributed by atoms with Gasteiger partial charge in [0.15, 0.2) is 0 Å². The van der Waals surface area contributed by atoms with E-state index >= 15 is 0 Å². The van der Waals surface area contributed by atoms with E-state index in [1.54, 1.807) is 0 Å². The molecule has 0 radical (unpaired) electrons. The Bertz CT molecular complexity index is 3770. The molecule has 12 aromatic rings. The molecule has 3 heteroatoms. The number of hydrogen-bond donors (Lipinski definition) is 0. The number of hydrogen-bond acceptors (Lipinski definition) is 2. The first kappa shape index (κ1) is 32.1. The Morgan fingerprint density at radius 1 is 0.367 bits per heavy atom. The van der Waals surface area contributed by atoms with Crippen LogP contribution >= 0.6 is 0 Å². The molecule has 0 saturated heterocycles. The van der Waals surface area contributed by atoms with E-state index in [4.69, 9.17) is 9.97 Å². The predicted octanol–water partition coefficient (Wildman–Crippen LogP) is 14.1. The summed E-state index contributed by atoms with van der Waals surface area (Å²) in [4.78, 5) is 9.61. The fourth-order valence-corrected chi connectivity index (χ4v) is 11.3. The molecule has 1 atom stereocenters. The summed E-state index contributed by atoms with van der Waals surface area (Å²) in [6.07, 6.45) is 3.72. The van der Waals surface area contributed by atoms with Crippen LogP contribution in [0, 0.1) is 0 Å². The van der Waals surface area contributed by atoms with Gasteiger partial charge in [-0.25, -0.2) is 9.97 Å². The minimum Gasteiger partial charge on any atom is -0.278 e. The van der Waals surface area contributed by atoms with Crippen LogP contribution in [0.1, 0.15) is 22.3 Å². The third-order valence-corrected chi connectivity index (χ3v) is 13.7. The molecule has 3 nitrogen and oxygen atoms in total. The topological polar surface area (TPSA) is 30.7 Å². The number of nitrogens with zero attached hydrogens (tertiary/aromatic N) is 3. The Labute approximate surface area is 345 Å². The number of benzene rings is 9. The van der Waals surface area contributed by atoms with E-state index in [9.17, 15) is 0 Å². The summed E-state index contributed by atoms with van der Waals surface area (Å²) in [7, 11) is 0. The Kier molecular flexibility index (Phi) is 6.22. The SMILES string of the molecule is c1ccc(-n2c3ccc(-c4ccc5c(c4)C4(c6ccccc6-c6ccccc6-5)c5ccccc5-c5c4cc4ccc6cccc7ccc5c4c67)cc3c3cccnc32)nc1. The van der Waals surface area contributed by atoms with Crippen LogP contribution in [0.15, 0.2) is 200 Å². The standard InChI is InChI=1S/C57H33N3/c1-2-14-40-39(13-1)41-15-3-5-18-47(41)57(48-19-6-4-16-44(48)55-45-27-23-35-12-9-11-34-21-22-38(33-50(55)57)54(45)53(34)35)49-32-37(24-26-42(40)49)36-25-28-51-46(31-36)43-17-10-30-59-56(43)60(51)52-20-7-8-29-58-52/h1-33H. The van der Waals surface area contributed by atoms with Crippen LogP contribution in [0.25, 0.3) is 105 Å². The average molecular weight is 760 g/mol. The molecule has 0 bridgehead atoms. The van der Waals surface area contributed by atoms with Crippen LogP contribution < -0.4 is 0 Å². The lowest BCUT2D eigenvalue weighted by molar-refractivity contribution is 0.777. The molecule has 2 aliphatic carbocycles. The van der Waals surface area contributed by atoms with Gasteiger partial charge < -0.3 is 0 Å². The lowest BCUT2D eigenvalue weighted by Gasteiger charge is -2.36. The molecule has 0 N–H and O–H groups in total. The van der Waals surface area contributed by atoms with Gasteiger partial charge in [0.2, 0.25) is 0 Å². The summed E-state index contributed by atoms with van der Waals surface area (Å²) in [6, 6.07) is 70.4. The van der Waals surface area contributed by atoms with Crippen molar-refractivity contribution in [3.63, 3.8) is 0 Å². The van der Waals surface area contributed by atoms with Crippen molar-refractivity contribution in [1.29, 1.82) is 0 Å². The highest BCUT2D eigenvalue weighted by molar-refractivity contribution is 6.27. The van der Waals surface area contributed by atoms with Crippen LogP contribution in [-0.2, 0) is 5.41 Å². The molecule has 0 fully saturated rings. The summed E-state index contributed by atoms with van der Waals surface area (Å²) < 4.78 is 2.18. The maximum absolute atomic E-state index is 4.87. The van der Waals surface area contributed by atoms with Crippen molar-refractivity contribution in [2.75, 3.05) is 0 Å². The van der Waals surface area contributed by atoms with E-state index in [-0.39, 0.29) is 0 Å². The van der Waals surface area contributed by atoms with Crippen LogP contribution in [0.2, 0.25) is 0 Å². The predicted molar refractivity (Wildman–Crippen MR) is 247 cm³/mol. The monoisotopic (exact) mass is 759 g/mol. The first-order valence-corrected chi connectivity index (χ1v) is 20.7. The van der Waals surface area contributed by atoms with Crippen molar-refractivity contribution >= 4 is 54.3 Å². The summed E-state index contributed by atoms with van der Waals surface area (Å²) >= 11 is 0. The normalized spacial score (nSPS) is 15.1. The van der Waals surface area contributed by atoms with Crippen LogP contribution in [0.5, 0.6) is 0 Å². The fourth-order valence-electron chi connectivity index (χ4n) is 11.3. The van der Waals surface area contributed by atoms with Gasteiger partial charge in [-0.1, -0.05) is 140 Å². The smallest absolute Gasteiger partial charge is 0.146 e. The second kappa shape index (κ2) is 11.6. The lowest BCUT2D eigenvalue weighted by atomic mass is 9.65. The van der Waals surface area contributed by atoms with E-state index in [2.05, 4.69) is 174 Å². The maximum atomic E-state index is 4.87. The van der Waals surface area contributed by atoms with Gasteiger partial charge in [0, 0.05) is 23.2 Å². The Hall–Kier alpha value is -7.88. The lowest BCUT2D eigenvalue weighted by Crippen LogP contribution is -2.29. The molecule has 3 aromatic heterocycles. The third kappa shape index (κ3) is 3.99. The minimum atomic E-state index is -0.611. The van der Waals surface area contributed by atoms with E-state index in [0.717, 1.165) is 33.3 Å². The van der Waals surface area contributed by atoms with E-state index in [1.165, 1.54) is 93.5 Å². The van der Waals surface area contributed by atoms with Crippen molar-refractivity contribution in [3.05, 3.63) is 223 Å². The highest BCUT2D eigenvalue weighted by atomic mass is 15.1. The Morgan fingerprint density at radius 3 is 1.85 bits per heavy atom. The van der Waals surface area contributed by atoms with Crippen molar-refractivity contribution in [1.82, 2.24) is 14.5 Å². The minimum absolute atomic E-state index is 0.611. The molecule has 9 aromatic carbocycles. The quantitative estimate of drug-likeness (QED) is 0.164. The molecule has 1 spiro atoms. The molecule has 2 aliphatic rings. The second-order valence-electron chi connectivity index (χ2n) is 16.4. The van der Waals surface area contributed by atoms with Gasteiger partial charge in [-0.15, -0.1) is 0 Å². The zero-order chi connectivity index (χ0) is 39.1. The molecule has 60 heavy (non-hydrogen) atoms. The molecular formula is C57H33N3. The number of fused-ring (bicyclic) bond motifs is 16. The molecule has 276 valence electrons. The first-order valence-electron chi connectivity index (χ1n) is 20.7. The Balaban J connectivity index is 1.12. The van der Waals surface area contributed by atoms with E-state index < -0.39 is 5.41 Å². The average Bonchev–Trinajstić information content (AvgIpc) is 3.77. The van der Waals surface area contributed by atoms with Gasteiger partial charge in [-0.3, -0.25) is 4.57 Å². The van der Waals surface area contributed by atoms with Crippen LogP contribution in [-0.4, -0.2) is 14.5 Å². The molecule has 0 amide bonds. The zero-order valence-electron chi connectivity index (χ0n) is 32.4. The molecule has 14 rings (SSSR count). The fraction of sp³-hybridized carbons (Fsp3) is 0.0175. The first-order chi connectivity index (χ1) is 29.8. The zero-order valence-corrected chi connectivity index (χ0v) is 32.4. The summed E-state index contributed by atoms with van der Waals surface area (Å²) in [5.74, 6) is 0.859. The molecule has 0 saturated carbocycles. The van der Waals surface area contributed by atoms with Gasteiger partial charge in [0.25, 0.3) is 0 Å². The van der Waals surface area contributed by atoms with Crippen LogP contribution in [0.4, 0.5) is 0 Å². The Morgan fingerprint density at radius 2 is 1.03 bits per heavy atom.